The van der Waals surface area contributed by atoms with Crippen molar-refractivity contribution in [3.05, 3.63) is 69.5 Å². The molecule has 1 heterocycles. The van der Waals surface area contributed by atoms with E-state index in [-0.39, 0.29) is 6.04 Å². The van der Waals surface area contributed by atoms with E-state index in [9.17, 15) is 0 Å². The maximum absolute atomic E-state index is 6.00. The van der Waals surface area contributed by atoms with Crippen molar-refractivity contribution in [1.82, 2.24) is 4.98 Å². The Bertz CT molecular complexity index is 825. The summed E-state index contributed by atoms with van der Waals surface area (Å²) >= 11 is 1.61. The van der Waals surface area contributed by atoms with Gasteiger partial charge in [0, 0.05) is 10.9 Å². The molecule has 24 heavy (non-hydrogen) atoms. The van der Waals surface area contributed by atoms with Crippen LogP contribution < -0.4 is 10.5 Å². The minimum absolute atomic E-state index is 0.0290. The molecule has 0 aliphatic carbocycles. The maximum atomic E-state index is 6.00. The molecule has 1 atom stereocenters. The van der Waals surface area contributed by atoms with Crippen LogP contribution in [-0.4, -0.2) is 4.98 Å². The summed E-state index contributed by atoms with van der Waals surface area (Å²) in [6, 6.07) is 14.4. The maximum Gasteiger partial charge on any atom is 0.123 e. The Hall–Kier alpha value is -2.17. The van der Waals surface area contributed by atoms with Gasteiger partial charge in [-0.2, -0.15) is 0 Å². The number of aromatic nitrogens is 1. The fourth-order valence-corrected chi connectivity index (χ4v) is 3.35. The normalized spacial score (nSPS) is 12.2. The smallest absolute Gasteiger partial charge is 0.123 e. The van der Waals surface area contributed by atoms with Crippen molar-refractivity contribution in [2.24, 2.45) is 5.73 Å². The van der Waals surface area contributed by atoms with E-state index in [0.29, 0.717) is 6.61 Å². The SMILES string of the molecule is Cc1cc(-c2csc(C(C)N)n2)c(C)cc1OCc1ccccc1. The zero-order chi connectivity index (χ0) is 17.1. The van der Waals surface area contributed by atoms with E-state index in [2.05, 4.69) is 48.5 Å². The molecule has 0 amide bonds. The largest absolute Gasteiger partial charge is 0.489 e. The van der Waals surface area contributed by atoms with E-state index in [0.717, 1.165) is 33.1 Å². The van der Waals surface area contributed by atoms with Gasteiger partial charge in [-0.1, -0.05) is 30.3 Å². The lowest BCUT2D eigenvalue weighted by atomic mass is 10.0. The lowest BCUT2D eigenvalue weighted by molar-refractivity contribution is 0.304. The van der Waals surface area contributed by atoms with Crippen LogP contribution in [-0.2, 0) is 6.61 Å². The van der Waals surface area contributed by atoms with Crippen molar-refractivity contribution >= 4 is 11.3 Å². The van der Waals surface area contributed by atoms with Gasteiger partial charge in [-0.05, 0) is 49.6 Å². The van der Waals surface area contributed by atoms with Crippen LogP contribution in [0.4, 0.5) is 0 Å². The first-order chi connectivity index (χ1) is 11.5. The van der Waals surface area contributed by atoms with Gasteiger partial charge >= 0.3 is 0 Å². The number of benzene rings is 2. The van der Waals surface area contributed by atoms with Gasteiger partial charge < -0.3 is 10.5 Å². The van der Waals surface area contributed by atoms with Crippen LogP contribution in [0, 0.1) is 13.8 Å². The highest BCUT2D eigenvalue weighted by Gasteiger charge is 2.12. The first-order valence-corrected chi connectivity index (χ1v) is 8.92. The van der Waals surface area contributed by atoms with Crippen LogP contribution in [0.5, 0.6) is 5.75 Å². The van der Waals surface area contributed by atoms with Gasteiger partial charge in [0.05, 0.1) is 11.7 Å². The molecule has 0 spiro atoms. The number of rotatable bonds is 5. The third kappa shape index (κ3) is 3.66. The topological polar surface area (TPSA) is 48.1 Å². The zero-order valence-electron chi connectivity index (χ0n) is 14.2. The molecule has 2 aromatic carbocycles. The second-order valence-corrected chi connectivity index (χ2v) is 6.96. The summed E-state index contributed by atoms with van der Waals surface area (Å²) < 4.78 is 6.00. The molecule has 124 valence electrons. The molecule has 3 nitrogen and oxygen atoms in total. The van der Waals surface area contributed by atoms with Crippen molar-refractivity contribution in [1.29, 1.82) is 0 Å². The number of hydrogen-bond donors (Lipinski definition) is 1. The predicted octanol–water partition coefficient (Wildman–Crippen LogP) is 5.03. The lowest BCUT2D eigenvalue weighted by Gasteiger charge is -2.13. The molecule has 0 saturated heterocycles. The summed E-state index contributed by atoms with van der Waals surface area (Å²) in [5.41, 5.74) is 11.5. The van der Waals surface area contributed by atoms with Gasteiger partial charge in [0.25, 0.3) is 0 Å². The highest BCUT2D eigenvalue weighted by Crippen LogP contribution is 2.32. The number of nitrogens with two attached hydrogens (primary N) is 1. The molecule has 3 aromatic rings. The Morgan fingerprint density at radius 2 is 1.88 bits per heavy atom. The van der Waals surface area contributed by atoms with Gasteiger partial charge in [0.15, 0.2) is 0 Å². The fraction of sp³-hybridized carbons (Fsp3) is 0.250. The molecule has 1 aromatic heterocycles. The molecule has 0 fully saturated rings. The Labute approximate surface area is 147 Å². The summed E-state index contributed by atoms with van der Waals surface area (Å²) in [6.45, 7) is 6.70. The van der Waals surface area contributed by atoms with Crippen LogP contribution in [0.15, 0.2) is 47.8 Å². The summed E-state index contributed by atoms with van der Waals surface area (Å²) in [4.78, 5) is 4.66. The second kappa shape index (κ2) is 7.16. The van der Waals surface area contributed by atoms with E-state index in [1.54, 1.807) is 11.3 Å². The second-order valence-electron chi connectivity index (χ2n) is 6.07. The standard InChI is InChI=1S/C20H22N2OS/c1-13-10-19(23-11-16-7-5-4-6-8-16)14(2)9-17(13)18-12-24-20(22-18)15(3)21/h4-10,12,15H,11,21H2,1-3H3. The Morgan fingerprint density at radius 3 is 2.54 bits per heavy atom. The monoisotopic (exact) mass is 338 g/mol. The number of thiazole rings is 1. The lowest BCUT2D eigenvalue weighted by Crippen LogP contribution is -2.04. The molecule has 0 aliphatic heterocycles. The van der Waals surface area contributed by atoms with E-state index in [4.69, 9.17) is 10.5 Å². The van der Waals surface area contributed by atoms with Crippen molar-refractivity contribution in [3.63, 3.8) is 0 Å². The summed E-state index contributed by atoms with van der Waals surface area (Å²) in [5.74, 6) is 0.919. The molecular formula is C20H22N2OS. The number of hydrogen-bond acceptors (Lipinski definition) is 4. The highest BCUT2D eigenvalue weighted by molar-refractivity contribution is 7.10. The van der Waals surface area contributed by atoms with Gasteiger partial charge in [0.2, 0.25) is 0 Å². The molecule has 1 unspecified atom stereocenters. The van der Waals surface area contributed by atoms with Crippen molar-refractivity contribution in [3.8, 4) is 17.0 Å². The minimum atomic E-state index is -0.0290. The molecule has 4 heteroatoms. The van der Waals surface area contributed by atoms with Crippen molar-refractivity contribution in [2.45, 2.75) is 33.4 Å². The van der Waals surface area contributed by atoms with Crippen LogP contribution in [0.2, 0.25) is 0 Å². The molecule has 0 bridgehead atoms. The van der Waals surface area contributed by atoms with E-state index >= 15 is 0 Å². The van der Waals surface area contributed by atoms with Crippen molar-refractivity contribution in [2.75, 3.05) is 0 Å². The predicted molar refractivity (Wildman–Crippen MR) is 100 cm³/mol. The average Bonchev–Trinajstić information content (AvgIpc) is 3.06. The van der Waals surface area contributed by atoms with Gasteiger partial charge in [0.1, 0.15) is 17.4 Å². The van der Waals surface area contributed by atoms with Crippen molar-refractivity contribution < 1.29 is 4.74 Å². The van der Waals surface area contributed by atoms with Crippen LogP contribution in [0.3, 0.4) is 0 Å². The quantitative estimate of drug-likeness (QED) is 0.710. The van der Waals surface area contributed by atoms with Gasteiger partial charge in [-0.3, -0.25) is 0 Å². The molecule has 0 radical (unpaired) electrons. The average molecular weight is 338 g/mol. The third-order valence-corrected chi connectivity index (χ3v) is 4.99. The summed E-state index contributed by atoms with van der Waals surface area (Å²) in [6.07, 6.45) is 0. The third-order valence-electron chi connectivity index (χ3n) is 3.95. The number of ether oxygens (including phenoxy) is 1. The van der Waals surface area contributed by atoms with Crippen LogP contribution >= 0.6 is 11.3 Å². The molecule has 2 N–H and O–H groups in total. The fourth-order valence-electron chi connectivity index (χ4n) is 2.58. The zero-order valence-corrected chi connectivity index (χ0v) is 15.1. The van der Waals surface area contributed by atoms with Crippen LogP contribution in [0.1, 0.15) is 34.7 Å². The first-order valence-electron chi connectivity index (χ1n) is 8.04. The Morgan fingerprint density at radius 1 is 1.12 bits per heavy atom. The van der Waals surface area contributed by atoms with E-state index in [1.807, 2.05) is 25.1 Å². The highest BCUT2D eigenvalue weighted by atomic mass is 32.1. The van der Waals surface area contributed by atoms with E-state index in [1.165, 1.54) is 5.56 Å². The minimum Gasteiger partial charge on any atom is -0.489 e. The Balaban J connectivity index is 1.82. The van der Waals surface area contributed by atoms with Gasteiger partial charge in [-0.15, -0.1) is 11.3 Å². The van der Waals surface area contributed by atoms with Crippen LogP contribution in [0.25, 0.3) is 11.3 Å². The van der Waals surface area contributed by atoms with Gasteiger partial charge in [-0.25, -0.2) is 4.98 Å². The summed E-state index contributed by atoms with van der Waals surface area (Å²) in [5, 5.41) is 3.04. The Kier molecular flexibility index (Phi) is 4.97. The number of nitrogens with zero attached hydrogens (tertiary/aromatic N) is 1. The number of aryl methyl sites for hydroxylation is 2. The molecule has 3 rings (SSSR count). The molecular weight excluding hydrogens is 316 g/mol. The first kappa shape index (κ1) is 16.7. The molecule has 0 aliphatic rings. The molecule has 0 saturated carbocycles. The summed E-state index contributed by atoms with van der Waals surface area (Å²) in [7, 11) is 0. The van der Waals surface area contributed by atoms with E-state index < -0.39 is 0 Å².